The molecule has 3 unspecified atom stereocenters. The van der Waals surface area contributed by atoms with E-state index in [1.165, 1.54) is 12.8 Å². The van der Waals surface area contributed by atoms with Gasteiger partial charge in [-0.1, -0.05) is 30.3 Å². The summed E-state index contributed by atoms with van der Waals surface area (Å²) >= 11 is 0. The van der Waals surface area contributed by atoms with Gasteiger partial charge in [0.1, 0.15) is 12.0 Å². The lowest BCUT2D eigenvalue weighted by atomic mass is 9.98. The lowest BCUT2D eigenvalue weighted by Gasteiger charge is -2.36. The van der Waals surface area contributed by atoms with Crippen LogP contribution in [0.3, 0.4) is 0 Å². The summed E-state index contributed by atoms with van der Waals surface area (Å²) in [6.45, 7) is 0.363. The molecule has 0 amide bonds. The van der Waals surface area contributed by atoms with Crippen molar-refractivity contribution in [2.75, 3.05) is 20.8 Å². The minimum atomic E-state index is -4.67. The zero-order valence-electron chi connectivity index (χ0n) is 15.5. The molecule has 152 valence electrons. The normalized spacial score (nSPS) is 26.0. The van der Waals surface area contributed by atoms with Crippen molar-refractivity contribution < 1.29 is 31.8 Å². The second-order valence-corrected chi connectivity index (χ2v) is 7.84. The quantitative estimate of drug-likeness (QED) is 0.568. The molecular formula is C18H27NO7S. The molecule has 0 radical (unpaired) electrons. The Balaban J connectivity index is 0.000000465. The topological polar surface area (TPSA) is 113 Å². The van der Waals surface area contributed by atoms with Gasteiger partial charge in [-0.3, -0.25) is 13.9 Å². The van der Waals surface area contributed by atoms with E-state index < -0.39 is 10.4 Å². The first-order valence-corrected chi connectivity index (χ1v) is 10.2. The number of nitrogens with zero attached hydrogens (tertiary/aromatic N) is 1. The summed E-state index contributed by atoms with van der Waals surface area (Å²) in [5.74, 6) is -0.481. The number of fused-ring (bicyclic) bond motifs is 2. The number of piperidine rings is 1. The van der Waals surface area contributed by atoms with Crippen molar-refractivity contribution in [2.45, 2.75) is 49.8 Å². The maximum Gasteiger partial charge on any atom is 0.394 e. The zero-order chi connectivity index (χ0) is 20.0. The van der Waals surface area contributed by atoms with Crippen LogP contribution in [0.25, 0.3) is 0 Å². The summed E-state index contributed by atoms with van der Waals surface area (Å²) < 4.78 is 42.7. The highest BCUT2D eigenvalue weighted by Crippen LogP contribution is 2.36. The van der Waals surface area contributed by atoms with E-state index >= 15 is 0 Å². The molecule has 2 heterocycles. The van der Waals surface area contributed by atoms with Gasteiger partial charge < -0.3 is 14.4 Å². The van der Waals surface area contributed by atoms with Crippen LogP contribution < -0.4 is 0 Å². The molecular weight excluding hydrogens is 374 g/mol. The summed E-state index contributed by atoms with van der Waals surface area (Å²) in [6.07, 6.45) is 4.45. The van der Waals surface area contributed by atoms with Crippen LogP contribution in [-0.2, 0) is 24.7 Å². The van der Waals surface area contributed by atoms with Crippen LogP contribution in [0.1, 0.15) is 37.2 Å². The van der Waals surface area contributed by atoms with Gasteiger partial charge in [-0.15, -0.1) is 0 Å². The van der Waals surface area contributed by atoms with Crippen LogP contribution in [0, 0.1) is 0 Å². The highest BCUT2D eigenvalue weighted by atomic mass is 32.3. The number of hydrogen-bond acceptors (Lipinski definition) is 6. The molecule has 3 atom stereocenters. The van der Waals surface area contributed by atoms with Gasteiger partial charge in [-0.2, -0.15) is 8.42 Å². The molecule has 8 nitrogen and oxygen atoms in total. The van der Waals surface area contributed by atoms with Crippen LogP contribution in [0.15, 0.2) is 30.3 Å². The van der Waals surface area contributed by atoms with Crippen molar-refractivity contribution in [2.24, 2.45) is 0 Å². The first kappa shape index (κ1) is 21.8. The van der Waals surface area contributed by atoms with Gasteiger partial charge in [-0.25, -0.2) is 0 Å². The molecule has 9 heteroatoms. The zero-order valence-corrected chi connectivity index (χ0v) is 16.3. The SMILES string of the molecule is COCC(C(=O)OC1CC2CCC(C1)N2C)c1ccccc1.O=S(=O)(O)O. The molecule has 2 aliphatic rings. The molecule has 2 fully saturated rings. The van der Waals surface area contributed by atoms with E-state index in [4.69, 9.17) is 27.0 Å². The second kappa shape index (κ2) is 9.61. The highest BCUT2D eigenvalue weighted by molar-refractivity contribution is 7.79. The average Bonchev–Trinajstić information content (AvgIpc) is 2.81. The second-order valence-electron chi connectivity index (χ2n) is 6.95. The highest BCUT2D eigenvalue weighted by Gasteiger charge is 2.40. The van der Waals surface area contributed by atoms with E-state index in [2.05, 4.69) is 11.9 Å². The number of rotatable bonds is 5. The fourth-order valence-electron chi connectivity index (χ4n) is 3.86. The number of carbonyl (C=O) groups is 1. The third-order valence-electron chi connectivity index (χ3n) is 5.16. The van der Waals surface area contributed by atoms with Crippen LogP contribution in [0.5, 0.6) is 0 Å². The van der Waals surface area contributed by atoms with E-state index in [-0.39, 0.29) is 18.0 Å². The summed E-state index contributed by atoms with van der Waals surface area (Å²) in [5, 5.41) is 0. The van der Waals surface area contributed by atoms with Gasteiger partial charge in [-0.05, 0) is 38.3 Å². The molecule has 2 saturated heterocycles. The minimum absolute atomic E-state index is 0.0595. The maximum atomic E-state index is 12.6. The summed E-state index contributed by atoms with van der Waals surface area (Å²) in [5.41, 5.74) is 0.963. The molecule has 2 aliphatic heterocycles. The Hall–Kier alpha value is -1.52. The standard InChI is InChI=1S/C18H25NO3.H2O4S/c1-19-14-8-9-15(19)11-16(10-14)22-18(20)17(12-21-2)13-6-4-3-5-7-13;1-5(2,3)4/h3-7,14-17H,8-12H2,1-2H3;(H2,1,2,3,4). The van der Waals surface area contributed by atoms with Crippen molar-refractivity contribution in [3.63, 3.8) is 0 Å². The monoisotopic (exact) mass is 401 g/mol. The number of ether oxygens (including phenoxy) is 2. The molecule has 2 bridgehead atoms. The lowest BCUT2D eigenvalue weighted by molar-refractivity contribution is -0.155. The predicted octanol–water partition coefficient (Wildman–Crippen LogP) is 1.93. The third kappa shape index (κ3) is 6.86. The van der Waals surface area contributed by atoms with Crippen LogP contribution in [0.4, 0.5) is 0 Å². The third-order valence-corrected chi connectivity index (χ3v) is 5.16. The van der Waals surface area contributed by atoms with E-state index in [0.717, 1.165) is 18.4 Å². The molecule has 0 spiro atoms. The molecule has 1 aromatic rings. The van der Waals surface area contributed by atoms with Gasteiger partial charge in [0.15, 0.2) is 0 Å². The van der Waals surface area contributed by atoms with Gasteiger partial charge in [0, 0.05) is 19.2 Å². The Morgan fingerprint density at radius 3 is 2.19 bits per heavy atom. The predicted molar refractivity (Wildman–Crippen MR) is 98.9 cm³/mol. The first-order chi connectivity index (χ1) is 12.7. The van der Waals surface area contributed by atoms with Gasteiger partial charge in [0.25, 0.3) is 0 Å². The van der Waals surface area contributed by atoms with E-state index in [9.17, 15) is 4.79 Å². The molecule has 27 heavy (non-hydrogen) atoms. The van der Waals surface area contributed by atoms with Crippen LogP contribution >= 0.6 is 0 Å². The van der Waals surface area contributed by atoms with Crippen molar-refractivity contribution in [1.29, 1.82) is 0 Å². The number of hydrogen-bond donors (Lipinski definition) is 2. The Morgan fingerprint density at radius 1 is 1.19 bits per heavy atom. The fraction of sp³-hybridized carbons (Fsp3) is 0.611. The summed E-state index contributed by atoms with van der Waals surface area (Å²) in [4.78, 5) is 15.1. The van der Waals surface area contributed by atoms with Crippen molar-refractivity contribution in [3.05, 3.63) is 35.9 Å². The van der Waals surface area contributed by atoms with Gasteiger partial charge in [0.05, 0.1) is 6.61 Å². The summed E-state index contributed by atoms with van der Waals surface area (Å²) in [7, 11) is -0.850. The van der Waals surface area contributed by atoms with Gasteiger partial charge in [0.2, 0.25) is 0 Å². The fourth-order valence-corrected chi connectivity index (χ4v) is 3.86. The molecule has 3 rings (SSSR count). The van der Waals surface area contributed by atoms with Crippen molar-refractivity contribution in [1.82, 2.24) is 4.90 Å². The van der Waals surface area contributed by atoms with E-state index in [1.807, 2.05) is 30.3 Å². The summed E-state index contributed by atoms with van der Waals surface area (Å²) in [6, 6.07) is 10.9. The number of benzene rings is 1. The molecule has 0 aromatic heterocycles. The number of esters is 1. The van der Waals surface area contributed by atoms with Gasteiger partial charge >= 0.3 is 16.4 Å². The largest absolute Gasteiger partial charge is 0.462 e. The Bertz CT molecular complexity index is 688. The Kier molecular flexibility index (Phi) is 7.75. The van der Waals surface area contributed by atoms with Crippen molar-refractivity contribution in [3.8, 4) is 0 Å². The van der Waals surface area contributed by atoms with Crippen LogP contribution in [-0.4, -0.2) is 67.3 Å². The minimum Gasteiger partial charge on any atom is -0.462 e. The number of methoxy groups -OCH3 is 1. The van der Waals surface area contributed by atoms with Crippen molar-refractivity contribution >= 4 is 16.4 Å². The van der Waals surface area contributed by atoms with E-state index in [0.29, 0.717) is 18.7 Å². The Morgan fingerprint density at radius 2 is 1.70 bits per heavy atom. The smallest absolute Gasteiger partial charge is 0.394 e. The molecule has 2 N–H and O–H groups in total. The molecule has 1 aromatic carbocycles. The van der Waals surface area contributed by atoms with Crippen LogP contribution in [0.2, 0.25) is 0 Å². The maximum absolute atomic E-state index is 12.6. The molecule has 0 saturated carbocycles. The lowest BCUT2D eigenvalue weighted by Crippen LogP contribution is -2.43. The average molecular weight is 401 g/mol. The first-order valence-electron chi connectivity index (χ1n) is 8.85. The van der Waals surface area contributed by atoms with E-state index in [1.54, 1.807) is 7.11 Å². The Labute approximate surface area is 160 Å². The molecule has 0 aliphatic carbocycles. The number of carbonyl (C=O) groups excluding carboxylic acids is 1.